The van der Waals surface area contributed by atoms with Crippen molar-refractivity contribution in [3.63, 3.8) is 0 Å². The van der Waals surface area contributed by atoms with Crippen LogP contribution in [0.15, 0.2) is 30.5 Å². The molecule has 1 heterocycles. The second-order valence-corrected chi connectivity index (χ2v) is 4.83. The van der Waals surface area contributed by atoms with E-state index in [4.69, 9.17) is 5.11 Å². The molecule has 0 unspecified atom stereocenters. The molecule has 0 spiro atoms. The van der Waals surface area contributed by atoms with Crippen molar-refractivity contribution < 1.29 is 15.0 Å². The van der Waals surface area contributed by atoms with E-state index in [-0.39, 0.29) is 5.56 Å². The predicted octanol–water partition coefficient (Wildman–Crippen LogP) is 2.11. The lowest BCUT2D eigenvalue weighted by Gasteiger charge is -2.18. The van der Waals surface area contributed by atoms with Crippen LogP contribution in [0, 0.1) is 0 Å². The molecule has 4 nitrogen and oxygen atoms in total. The number of hydrogen-bond acceptors (Lipinski definition) is 2. The molecule has 1 aromatic carbocycles. The van der Waals surface area contributed by atoms with Crippen LogP contribution < -0.4 is 0 Å². The smallest absolute Gasteiger partial charge is 0.335 e. The summed E-state index contributed by atoms with van der Waals surface area (Å²) in [6, 6.07) is 6.90. The Morgan fingerprint density at radius 2 is 2.06 bits per heavy atom. The highest BCUT2D eigenvalue weighted by molar-refractivity contribution is 5.93. The van der Waals surface area contributed by atoms with Gasteiger partial charge in [0.15, 0.2) is 0 Å². The topological polar surface area (TPSA) is 62.5 Å². The molecule has 0 atom stereocenters. The quantitative estimate of drug-likeness (QED) is 0.853. The summed E-state index contributed by atoms with van der Waals surface area (Å²) >= 11 is 0. The molecule has 0 fully saturated rings. The van der Waals surface area contributed by atoms with Crippen LogP contribution in [0.25, 0.3) is 10.9 Å². The molecule has 2 aromatic rings. The van der Waals surface area contributed by atoms with Crippen LogP contribution in [-0.2, 0) is 6.54 Å². The molecule has 2 rings (SSSR count). The minimum atomic E-state index is -0.942. The molecule has 0 radical (unpaired) electrons. The lowest BCUT2D eigenvalue weighted by Crippen LogP contribution is -2.25. The van der Waals surface area contributed by atoms with Crippen molar-refractivity contribution in [1.82, 2.24) is 4.57 Å². The Bertz CT molecular complexity index is 564. The first kappa shape index (κ1) is 11.7. The molecule has 0 saturated carbocycles. The van der Waals surface area contributed by atoms with E-state index in [2.05, 4.69) is 0 Å². The number of aromatic carboxylic acids is 1. The van der Waals surface area contributed by atoms with Crippen molar-refractivity contribution in [3.05, 3.63) is 36.0 Å². The van der Waals surface area contributed by atoms with Gasteiger partial charge in [-0.15, -0.1) is 0 Å². The summed E-state index contributed by atoms with van der Waals surface area (Å²) in [5, 5.41) is 19.7. The maximum atomic E-state index is 10.9. The summed E-state index contributed by atoms with van der Waals surface area (Å²) in [6.45, 7) is 3.87. The van der Waals surface area contributed by atoms with Crippen LogP contribution in [0.5, 0.6) is 0 Å². The van der Waals surface area contributed by atoms with Gasteiger partial charge in [-0.1, -0.05) is 6.07 Å². The van der Waals surface area contributed by atoms with Crippen LogP contribution >= 0.6 is 0 Å². The van der Waals surface area contributed by atoms with Gasteiger partial charge in [-0.2, -0.15) is 0 Å². The number of carboxylic acids is 1. The highest BCUT2D eigenvalue weighted by atomic mass is 16.4. The Balaban J connectivity index is 2.50. The molecular formula is C13H15NO3. The maximum absolute atomic E-state index is 10.9. The fraction of sp³-hybridized carbons (Fsp3) is 0.308. The molecule has 0 bridgehead atoms. The molecule has 17 heavy (non-hydrogen) atoms. The first-order valence-electron chi connectivity index (χ1n) is 5.41. The second-order valence-electron chi connectivity index (χ2n) is 4.83. The highest BCUT2D eigenvalue weighted by Gasteiger charge is 2.15. The van der Waals surface area contributed by atoms with Crippen molar-refractivity contribution in [3.8, 4) is 0 Å². The number of carbonyl (C=O) groups is 1. The Hall–Kier alpha value is -1.81. The van der Waals surface area contributed by atoms with Crippen molar-refractivity contribution >= 4 is 16.9 Å². The predicted molar refractivity (Wildman–Crippen MR) is 65.2 cm³/mol. The summed E-state index contributed by atoms with van der Waals surface area (Å²) in [4.78, 5) is 10.9. The molecule has 0 amide bonds. The van der Waals surface area contributed by atoms with E-state index in [1.54, 1.807) is 32.0 Å². The molecule has 4 heteroatoms. The fourth-order valence-corrected chi connectivity index (χ4v) is 1.87. The van der Waals surface area contributed by atoms with E-state index in [0.29, 0.717) is 6.54 Å². The average molecular weight is 233 g/mol. The van der Waals surface area contributed by atoms with Crippen molar-refractivity contribution in [2.24, 2.45) is 0 Å². The first-order chi connectivity index (χ1) is 7.87. The van der Waals surface area contributed by atoms with Gasteiger partial charge in [-0.3, -0.25) is 0 Å². The Morgan fingerprint density at radius 3 is 2.65 bits per heavy atom. The van der Waals surface area contributed by atoms with Gasteiger partial charge in [-0.05, 0) is 37.4 Å². The molecule has 2 N–H and O–H groups in total. The number of rotatable bonds is 3. The van der Waals surface area contributed by atoms with Crippen LogP contribution in [0.1, 0.15) is 24.2 Å². The highest BCUT2D eigenvalue weighted by Crippen LogP contribution is 2.20. The van der Waals surface area contributed by atoms with E-state index < -0.39 is 11.6 Å². The largest absolute Gasteiger partial charge is 0.478 e. The van der Waals surface area contributed by atoms with E-state index >= 15 is 0 Å². The molecular weight excluding hydrogens is 218 g/mol. The molecule has 1 aromatic heterocycles. The van der Waals surface area contributed by atoms with E-state index in [1.165, 1.54) is 0 Å². The number of aliphatic hydroxyl groups is 1. The van der Waals surface area contributed by atoms with Gasteiger partial charge >= 0.3 is 5.97 Å². The standard InChI is InChI=1S/C13H15NO3/c1-13(2,17)8-14-6-5-9-3-4-10(12(15)16)7-11(9)14/h3-7,17H,8H2,1-2H3,(H,15,16). The zero-order chi connectivity index (χ0) is 12.6. The maximum Gasteiger partial charge on any atom is 0.335 e. The Kier molecular flexibility index (Phi) is 2.67. The molecule has 0 aliphatic rings. The Labute approximate surface area is 99.1 Å². The number of fused-ring (bicyclic) bond motifs is 1. The zero-order valence-corrected chi connectivity index (χ0v) is 9.84. The Morgan fingerprint density at radius 1 is 1.35 bits per heavy atom. The normalized spacial score (nSPS) is 11.9. The van der Waals surface area contributed by atoms with Gasteiger partial charge in [0.2, 0.25) is 0 Å². The summed E-state index contributed by atoms with van der Waals surface area (Å²) < 4.78 is 1.86. The van der Waals surface area contributed by atoms with Crippen molar-refractivity contribution in [2.75, 3.05) is 0 Å². The number of aromatic nitrogens is 1. The van der Waals surface area contributed by atoms with E-state index in [1.807, 2.05) is 16.8 Å². The number of carboxylic acid groups (broad SMARTS) is 1. The third kappa shape index (κ3) is 2.47. The van der Waals surface area contributed by atoms with Gasteiger partial charge in [-0.25, -0.2) is 4.79 Å². The second kappa shape index (κ2) is 3.89. The van der Waals surface area contributed by atoms with Crippen LogP contribution in [0.4, 0.5) is 0 Å². The fourth-order valence-electron chi connectivity index (χ4n) is 1.87. The van der Waals surface area contributed by atoms with E-state index in [9.17, 15) is 9.90 Å². The SMILES string of the molecule is CC(C)(O)Cn1ccc2ccc(C(=O)O)cc21. The lowest BCUT2D eigenvalue weighted by molar-refractivity contribution is 0.0628. The van der Waals surface area contributed by atoms with Crippen LogP contribution in [0.2, 0.25) is 0 Å². The average Bonchev–Trinajstić information content (AvgIpc) is 2.58. The third-order valence-corrected chi connectivity index (χ3v) is 2.58. The summed E-state index contributed by atoms with van der Waals surface area (Å²) in [6.07, 6.45) is 1.86. The molecule has 0 saturated heterocycles. The first-order valence-corrected chi connectivity index (χ1v) is 5.41. The minimum Gasteiger partial charge on any atom is -0.478 e. The van der Waals surface area contributed by atoms with Gasteiger partial charge in [0.1, 0.15) is 0 Å². The van der Waals surface area contributed by atoms with Crippen molar-refractivity contribution in [1.29, 1.82) is 0 Å². The number of nitrogens with zero attached hydrogens (tertiary/aromatic N) is 1. The zero-order valence-electron chi connectivity index (χ0n) is 9.84. The van der Waals surface area contributed by atoms with Gasteiger partial charge in [0.05, 0.1) is 17.7 Å². The van der Waals surface area contributed by atoms with Gasteiger partial charge in [0.25, 0.3) is 0 Å². The van der Waals surface area contributed by atoms with E-state index in [0.717, 1.165) is 10.9 Å². The van der Waals surface area contributed by atoms with Gasteiger partial charge in [0, 0.05) is 11.7 Å². The summed E-state index contributed by atoms with van der Waals surface area (Å²) in [7, 11) is 0. The van der Waals surface area contributed by atoms with Crippen LogP contribution in [-0.4, -0.2) is 26.4 Å². The van der Waals surface area contributed by atoms with Gasteiger partial charge < -0.3 is 14.8 Å². The summed E-state index contributed by atoms with van der Waals surface area (Å²) in [5.74, 6) is -0.942. The monoisotopic (exact) mass is 233 g/mol. The van der Waals surface area contributed by atoms with Crippen LogP contribution in [0.3, 0.4) is 0 Å². The number of hydrogen-bond donors (Lipinski definition) is 2. The molecule has 0 aliphatic carbocycles. The number of benzene rings is 1. The van der Waals surface area contributed by atoms with Crippen molar-refractivity contribution in [2.45, 2.75) is 26.0 Å². The lowest BCUT2D eigenvalue weighted by atomic mass is 10.1. The summed E-state index contributed by atoms with van der Waals surface area (Å²) in [5.41, 5.74) is 0.255. The third-order valence-electron chi connectivity index (χ3n) is 2.58. The molecule has 90 valence electrons. The minimum absolute atomic E-state index is 0.258. The molecule has 0 aliphatic heterocycles.